The van der Waals surface area contributed by atoms with Crippen LogP contribution >= 0.6 is 0 Å². The monoisotopic (exact) mass is 325 g/mol. The molecule has 0 saturated heterocycles. The predicted octanol–water partition coefficient (Wildman–Crippen LogP) is 3.42. The molecule has 3 aromatic rings. The molecule has 0 spiro atoms. The zero-order valence-electron chi connectivity index (χ0n) is 14.8. The summed E-state index contributed by atoms with van der Waals surface area (Å²) in [5, 5.41) is 18.8. The van der Waals surface area contributed by atoms with E-state index in [0.29, 0.717) is 11.0 Å². The molecular weight excluding hydrogens is 300 g/mol. The molecule has 1 aromatic heterocycles. The van der Waals surface area contributed by atoms with Crippen molar-refractivity contribution in [2.24, 2.45) is 0 Å². The number of benzene rings is 2. The highest BCUT2D eigenvalue weighted by Crippen LogP contribution is 2.28. The summed E-state index contributed by atoms with van der Waals surface area (Å²) in [6, 6.07) is 11.7. The first-order valence-electron chi connectivity index (χ1n) is 8.44. The Kier molecular flexibility index (Phi) is 4.28. The van der Waals surface area contributed by atoms with Crippen molar-refractivity contribution in [1.29, 1.82) is 0 Å². The van der Waals surface area contributed by atoms with E-state index in [0.717, 1.165) is 29.8 Å². The summed E-state index contributed by atoms with van der Waals surface area (Å²) >= 11 is 0. The molecule has 0 radical (unpaired) electrons. The number of aromatic nitrogens is 3. The number of aromatic hydroxyl groups is 1. The fraction of sp³-hybridized carbons (Fsp3) is 0.368. The first kappa shape index (κ1) is 16.5. The highest BCUT2D eigenvalue weighted by molar-refractivity contribution is 5.82. The Balaban J connectivity index is 2.17. The number of quaternary nitrogens is 1. The number of phenols is 1. The first-order chi connectivity index (χ1) is 11.5. The van der Waals surface area contributed by atoms with E-state index < -0.39 is 0 Å². The van der Waals surface area contributed by atoms with Crippen molar-refractivity contribution in [2.45, 2.75) is 27.3 Å². The lowest BCUT2D eigenvalue weighted by Gasteiger charge is -2.33. The molecule has 1 heterocycles. The quantitative estimate of drug-likeness (QED) is 0.731. The van der Waals surface area contributed by atoms with Crippen LogP contribution in [0.25, 0.3) is 16.7 Å². The number of nitrogens with zero attached hydrogens (tertiary/aromatic N) is 4. The van der Waals surface area contributed by atoms with Crippen LogP contribution in [-0.2, 0) is 6.54 Å². The molecule has 1 N–H and O–H groups in total. The highest BCUT2D eigenvalue weighted by Gasteiger charge is 2.21. The van der Waals surface area contributed by atoms with Crippen LogP contribution in [0.2, 0.25) is 0 Å². The first-order valence-corrected chi connectivity index (χ1v) is 8.44. The molecule has 0 unspecified atom stereocenters. The zero-order chi connectivity index (χ0) is 17.3. The van der Waals surface area contributed by atoms with Gasteiger partial charge in [0.2, 0.25) is 0 Å². The third kappa shape index (κ3) is 2.87. The fourth-order valence-corrected chi connectivity index (χ4v) is 3.03. The summed E-state index contributed by atoms with van der Waals surface area (Å²) in [6.45, 7) is 9.58. The molecule has 5 heteroatoms. The lowest BCUT2D eigenvalue weighted by molar-refractivity contribution is -0.919. The summed E-state index contributed by atoms with van der Waals surface area (Å²) in [7, 11) is 2.27. The Morgan fingerprint density at radius 2 is 1.88 bits per heavy atom. The molecule has 0 saturated carbocycles. The van der Waals surface area contributed by atoms with Gasteiger partial charge in [-0.25, -0.2) is 4.68 Å². The van der Waals surface area contributed by atoms with E-state index in [4.69, 9.17) is 0 Å². The number of rotatable bonds is 5. The lowest BCUT2D eigenvalue weighted by Crippen LogP contribution is -2.42. The van der Waals surface area contributed by atoms with Gasteiger partial charge in [-0.1, -0.05) is 22.9 Å². The smallest absolute Gasteiger partial charge is 0.143 e. The average Bonchev–Trinajstić information content (AvgIpc) is 3.00. The van der Waals surface area contributed by atoms with Crippen LogP contribution in [0.4, 0.5) is 0 Å². The second-order valence-electron chi connectivity index (χ2n) is 6.69. The van der Waals surface area contributed by atoms with E-state index in [-0.39, 0.29) is 5.75 Å². The van der Waals surface area contributed by atoms with Gasteiger partial charge in [-0.05, 0) is 45.0 Å². The van der Waals surface area contributed by atoms with Gasteiger partial charge in [-0.3, -0.25) is 0 Å². The summed E-state index contributed by atoms with van der Waals surface area (Å²) < 4.78 is 2.71. The van der Waals surface area contributed by atoms with Crippen LogP contribution in [0, 0.1) is 6.92 Å². The standard InChI is InChI=1S/C19H24N4O/c1-5-23(4,6-2)13-15-12-14(3)10-11-17(15)22-19-16(20-21-22)8-7-9-18(19)24/h7-12H,5-6,13H2,1-4H3/p+1. The maximum absolute atomic E-state index is 10.3. The van der Waals surface area contributed by atoms with Crippen LogP contribution in [0.15, 0.2) is 36.4 Å². The molecule has 0 amide bonds. The maximum atomic E-state index is 10.3. The Morgan fingerprint density at radius 1 is 1.12 bits per heavy atom. The third-order valence-corrected chi connectivity index (χ3v) is 4.99. The molecule has 0 atom stereocenters. The molecule has 5 nitrogen and oxygen atoms in total. The van der Waals surface area contributed by atoms with Crippen LogP contribution in [0.5, 0.6) is 5.75 Å². The van der Waals surface area contributed by atoms with Crippen molar-refractivity contribution in [3.05, 3.63) is 47.5 Å². The van der Waals surface area contributed by atoms with Gasteiger partial charge < -0.3 is 9.59 Å². The Hall–Kier alpha value is -2.40. The van der Waals surface area contributed by atoms with Crippen LogP contribution in [-0.4, -0.2) is 44.7 Å². The van der Waals surface area contributed by atoms with Gasteiger partial charge in [-0.15, -0.1) is 5.10 Å². The van der Waals surface area contributed by atoms with Gasteiger partial charge >= 0.3 is 0 Å². The SMILES string of the molecule is CC[N+](C)(CC)Cc1cc(C)ccc1-n1nnc2cccc(O)c21. The van der Waals surface area contributed by atoms with E-state index in [1.807, 2.05) is 6.07 Å². The molecule has 3 rings (SSSR count). The van der Waals surface area contributed by atoms with Gasteiger partial charge in [0.1, 0.15) is 23.3 Å². The Labute approximate surface area is 142 Å². The molecule has 126 valence electrons. The molecule has 24 heavy (non-hydrogen) atoms. The number of hydrogen-bond donors (Lipinski definition) is 1. The molecular formula is C19H25N4O+. The average molecular weight is 325 g/mol. The van der Waals surface area contributed by atoms with Crippen LogP contribution < -0.4 is 0 Å². The van der Waals surface area contributed by atoms with Crippen molar-refractivity contribution >= 4 is 11.0 Å². The van der Waals surface area contributed by atoms with E-state index in [1.54, 1.807) is 16.8 Å². The summed E-state index contributed by atoms with van der Waals surface area (Å²) in [6.07, 6.45) is 0. The minimum atomic E-state index is 0.201. The fourth-order valence-electron chi connectivity index (χ4n) is 3.03. The van der Waals surface area contributed by atoms with E-state index in [2.05, 4.69) is 56.3 Å². The molecule has 0 bridgehead atoms. The number of fused-ring (bicyclic) bond motifs is 1. The molecule has 0 fully saturated rings. The highest BCUT2D eigenvalue weighted by atomic mass is 16.3. The summed E-state index contributed by atoms with van der Waals surface area (Å²) in [5.41, 5.74) is 4.78. The zero-order valence-corrected chi connectivity index (χ0v) is 14.8. The van der Waals surface area contributed by atoms with Crippen molar-refractivity contribution < 1.29 is 9.59 Å². The van der Waals surface area contributed by atoms with Gasteiger partial charge in [0.15, 0.2) is 0 Å². The van der Waals surface area contributed by atoms with Crippen molar-refractivity contribution in [3.63, 3.8) is 0 Å². The van der Waals surface area contributed by atoms with E-state index in [9.17, 15) is 5.11 Å². The normalized spacial score (nSPS) is 12.0. The summed E-state index contributed by atoms with van der Waals surface area (Å²) in [4.78, 5) is 0. The second-order valence-corrected chi connectivity index (χ2v) is 6.69. The largest absolute Gasteiger partial charge is 0.506 e. The van der Waals surface area contributed by atoms with E-state index in [1.165, 1.54) is 11.1 Å². The van der Waals surface area contributed by atoms with E-state index >= 15 is 0 Å². The minimum absolute atomic E-state index is 0.201. The minimum Gasteiger partial charge on any atom is -0.506 e. The summed E-state index contributed by atoms with van der Waals surface area (Å²) in [5.74, 6) is 0.201. The van der Waals surface area contributed by atoms with Gasteiger partial charge in [0.25, 0.3) is 0 Å². The van der Waals surface area contributed by atoms with Crippen LogP contribution in [0.3, 0.4) is 0 Å². The molecule has 0 aliphatic carbocycles. The number of phenolic OH excluding ortho intramolecular Hbond substituents is 1. The Morgan fingerprint density at radius 3 is 2.58 bits per heavy atom. The Bertz CT molecular complexity index is 865. The van der Waals surface area contributed by atoms with Crippen molar-refractivity contribution in [3.8, 4) is 11.4 Å². The van der Waals surface area contributed by atoms with Gasteiger partial charge in [0, 0.05) is 5.56 Å². The number of hydrogen-bond acceptors (Lipinski definition) is 3. The van der Waals surface area contributed by atoms with Crippen molar-refractivity contribution in [1.82, 2.24) is 15.0 Å². The van der Waals surface area contributed by atoms with Crippen molar-refractivity contribution in [2.75, 3.05) is 20.1 Å². The third-order valence-electron chi connectivity index (χ3n) is 4.99. The molecule has 2 aromatic carbocycles. The second kappa shape index (κ2) is 6.24. The topological polar surface area (TPSA) is 50.9 Å². The molecule has 0 aliphatic rings. The van der Waals surface area contributed by atoms with Gasteiger partial charge in [0.05, 0.1) is 25.8 Å². The van der Waals surface area contributed by atoms with Crippen LogP contribution in [0.1, 0.15) is 25.0 Å². The molecule has 0 aliphatic heterocycles. The van der Waals surface area contributed by atoms with Gasteiger partial charge in [-0.2, -0.15) is 0 Å². The maximum Gasteiger partial charge on any atom is 0.143 e. The predicted molar refractivity (Wildman–Crippen MR) is 96.2 cm³/mol. The number of aryl methyl sites for hydroxylation is 1. The number of para-hydroxylation sites is 1. The lowest BCUT2D eigenvalue weighted by atomic mass is 10.1.